The summed E-state index contributed by atoms with van der Waals surface area (Å²) in [6.07, 6.45) is 18.8. The number of carbonyl (C=O) groups excluding carboxylic acids is 2. The second kappa shape index (κ2) is 26.3. The molecule has 0 saturated heterocycles. The number of benzene rings is 6. The fraction of sp³-hybridized carbons (Fsp3) is 0.107. The van der Waals surface area contributed by atoms with Crippen molar-refractivity contribution >= 4 is 91.1 Å². The third-order valence-electron chi connectivity index (χ3n) is 10.8. The van der Waals surface area contributed by atoms with Crippen molar-refractivity contribution in [2.45, 2.75) is 37.8 Å². The molecule has 0 amide bonds. The predicted octanol–water partition coefficient (Wildman–Crippen LogP) is 11.0. The van der Waals surface area contributed by atoms with Gasteiger partial charge in [-0.25, -0.2) is 0 Å². The SMILES string of the molecule is O=C1C(Br)=CC=C/C1=C/N[C@@H]1CCCC[C@H]1N/C=C1/C=CC=C(Br)C1=O.[Ru].c1ccc(P(c2ccccc2)c2ccccc2)cc1.c1ccc(P(c2ccccc2)c2ccccc2)cc1. The van der Waals surface area contributed by atoms with Gasteiger partial charge in [-0.15, -0.1) is 0 Å². The van der Waals surface area contributed by atoms with Crippen molar-refractivity contribution in [1.29, 1.82) is 0 Å². The molecule has 0 spiro atoms. The van der Waals surface area contributed by atoms with Crippen molar-refractivity contribution in [2.75, 3.05) is 0 Å². The minimum absolute atomic E-state index is 0. The first kappa shape index (κ1) is 49.6. The third-order valence-corrected chi connectivity index (χ3v) is 16.9. The van der Waals surface area contributed by atoms with E-state index < -0.39 is 15.8 Å². The van der Waals surface area contributed by atoms with E-state index in [9.17, 15) is 9.59 Å². The fourth-order valence-corrected chi connectivity index (χ4v) is 12.9. The van der Waals surface area contributed by atoms with E-state index in [1.807, 2.05) is 24.3 Å². The van der Waals surface area contributed by atoms with Gasteiger partial charge in [0.15, 0.2) is 0 Å². The maximum absolute atomic E-state index is 12.1. The van der Waals surface area contributed by atoms with Crippen LogP contribution in [0.2, 0.25) is 0 Å². The van der Waals surface area contributed by atoms with E-state index in [2.05, 4.69) is 224 Å². The molecule has 65 heavy (non-hydrogen) atoms. The second-order valence-corrected chi connectivity index (χ2v) is 21.3. The summed E-state index contributed by atoms with van der Waals surface area (Å²) in [6, 6.07) is 65.1. The van der Waals surface area contributed by atoms with Gasteiger partial charge < -0.3 is 10.6 Å². The van der Waals surface area contributed by atoms with Crippen LogP contribution in [-0.4, -0.2) is 23.7 Å². The predicted molar refractivity (Wildman–Crippen MR) is 281 cm³/mol. The fourth-order valence-electron chi connectivity index (χ4n) is 7.56. The van der Waals surface area contributed by atoms with Crippen molar-refractivity contribution < 1.29 is 29.1 Å². The summed E-state index contributed by atoms with van der Waals surface area (Å²) in [6.45, 7) is 0. The van der Waals surface area contributed by atoms with Gasteiger partial charge in [0.05, 0.1) is 8.96 Å². The molecule has 3 aliphatic rings. The standard InChI is InChI=1S/C20H20Br2N2O2.2C18H15P.Ru/c21-15-7-3-5-13(19(15)25)11-23-17-9-1-2-10-18(17)24-12-14-6-4-8-16(22)20(14)26;2*1-4-10-16(11-5-1)19(17-12-6-2-7-13-17)18-14-8-3-9-15-18;/h3-8,11-12,17-18,23-24H,1-2,9-10H2;2*1-15H;/b13-11-,14-12-;;;/t17-,18-;;;/m1.../s1. The normalized spacial score (nSPS) is 17.8. The summed E-state index contributed by atoms with van der Waals surface area (Å²) in [5.41, 5.74) is 1.28. The molecule has 1 fully saturated rings. The Kier molecular flexibility index (Phi) is 20.1. The van der Waals surface area contributed by atoms with E-state index in [-0.39, 0.29) is 43.1 Å². The first-order valence-corrected chi connectivity index (χ1v) is 25.7. The molecular weight excluding hydrogens is 1060 g/mol. The van der Waals surface area contributed by atoms with Gasteiger partial charge in [0.25, 0.3) is 0 Å². The summed E-state index contributed by atoms with van der Waals surface area (Å²) in [4.78, 5) is 24.2. The summed E-state index contributed by atoms with van der Waals surface area (Å²) in [5, 5.41) is 15.2. The van der Waals surface area contributed by atoms with Crippen LogP contribution in [0.3, 0.4) is 0 Å². The molecule has 0 heterocycles. The van der Waals surface area contributed by atoms with Crippen molar-refractivity contribution in [3.8, 4) is 0 Å². The molecule has 328 valence electrons. The molecule has 2 N–H and O–H groups in total. The quantitative estimate of drug-likeness (QED) is 0.0815. The molecule has 6 aromatic rings. The molecule has 3 aliphatic carbocycles. The van der Waals surface area contributed by atoms with Crippen LogP contribution < -0.4 is 42.5 Å². The molecule has 9 heteroatoms. The monoisotopic (exact) mass is 1100 g/mol. The molecule has 4 nitrogen and oxygen atoms in total. The topological polar surface area (TPSA) is 58.2 Å². The van der Waals surface area contributed by atoms with E-state index in [0.717, 1.165) is 25.7 Å². The molecule has 1 saturated carbocycles. The Morgan fingerprint density at radius 1 is 0.415 bits per heavy atom. The molecule has 2 atom stereocenters. The number of hydrogen-bond donors (Lipinski definition) is 2. The van der Waals surface area contributed by atoms with Crippen LogP contribution in [0.4, 0.5) is 0 Å². The zero-order valence-electron chi connectivity index (χ0n) is 35.7. The Morgan fingerprint density at radius 3 is 0.908 bits per heavy atom. The van der Waals surface area contributed by atoms with E-state index in [0.29, 0.717) is 20.1 Å². The third kappa shape index (κ3) is 14.3. The second-order valence-electron chi connectivity index (χ2n) is 15.1. The van der Waals surface area contributed by atoms with Crippen molar-refractivity contribution in [2.24, 2.45) is 0 Å². The van der Waals surface area contributed by atoms with Crippen LogP contribution in [-0.2, 0) is 29.1 Å². The zero-order chi connectivity index (χ0) is 44.4. The summed E-state index contributed by atoms with van der Waals surface area (Å²) in [7, 11) is -0.892. The van der Waals surface area contributed by atoms with E-state index >= 15 is 0 Å². The van der Waals surface area contributed by atoms with Crippen LogP contribution in [0.1, 0.15) is 25.7 Å². The van der Waals surface area contributed by atoms with Gasteiger partial charge in [-0.05, 0) is 117 Å². The first-order chi connectivity index (χ1) is 31.5. The molecule has 0 unspecified atom stereocenters. The van der Waals surface area contributed by atoms with Crippen LogP contribution in [0.25, 0.3) is 0 Å². The van der Waals surface area contributed by atoms with Gasteiger partial charge in [-0.1, -0.05) is 207 Å². The number of allylic oxidation sites excluding steroid dienone is 10. The number of halogens is 2. The summed E-state index contributed by atoms with van der Waals surface area (Å²) in [5.74, 6) is -0.0333. The minimum atomic E-state index is -0.446. The zero-order valence-corrected chi connectivity index (χ0v) is 42.4. The maximum atomic E-state index is 12.1. The van der Waals surface area contributed by atoms with Gasteiger partial charge in [-0.2, -0.15) is 0 Å². The van der Waals surface area contributed by atoms with Gasteiger partial charge in [0.1, 0.15) is 0 Å². The Morgan fingerprint density at radius 2 is 0.662 bits per heavy atom. The molecule has 0 aromatic heterocycles. The van der Waals surface area contributed by atoms with Crippen molar-refractivity contribution in [3.05, 3.63) is 251 Å². The largest absolute Gasteiger partial charge is 0.386 e. The Balaban J connectivity index is 0.000000163. The van der Waals surface area contributed by atoms with Crippen molar-refractivity contribution in [3.63, 3.8) is 0 Å². The number of nitrogens with one attached hydrogen (secondary N) is 2. The van der Waals surface area contributed by atoms with Crippen LogP contribution >= 0.6 is 47.7 Å². The average molecular weight is 1110 g/mol. The van der Waals surface area contributed by atoms with Crippen LogP contribution in [0.15, 0.2) is 251 Å². The van der Waals surface area contributed by atoms with Gasteiger partial charge in [0.2, 0.25) is 11.6 Å². The number of hydrogen-bond acceptors (Lipinski definition) is 4. The number of Topliss-reactive ketones (excluding diaryl/α,β-unsaturated/α-hetero) is 2. The smallest absolute Gasteiger partial charge is 0.201 e. The van der Waals surface area contributed by atoms with Crippen LogP contribution in [0, 0.1) is 0 Å². The molecular formula is C56H50Br2N2O2P2Ru. The first-order valence-electron chi connectivity index (χ1n) is 21.5. The minimum Gasteiger partial charge on any atom is -0.386 e. The number of carbonyl (C=O) groups is 2. The molecule has 6 aromatic carbocycles. The van der Waals surface area contributed by atoms with Gasteiger partial charge >= 0.3 is 0 Å². The number of rotatable bonds is 10. The average Bonchev–Trinajstić information content (AvgIpc) is 3.35. The Hall–Kier alpha value is -4.86. The van der Waals surface area contributed by atoms with E-state index in [1.165, 1.54) is 31.8 Å². The van der Waals surface area contributed by atoms with E-state index in [4.69, 9.17) is 0 Å². The number of ketones is 2. The van der Waals surface area contributed by atoms with Crippen molar-refractivity contribution in [1.82, 2.24) is 10.6 Å². The Bertz CT molecular complexity index is 2250. The van der Waals surface area contributed by atoms with Crippen LogP contribution in [0.5, 0.6) is 0 Å². The summed E-state index contributed by atoms with van der Waals surface area (Å²) >= 11 is 6.55. The Labute approximate surface area is 416 Å². The molecule has 0 bridgehead atoms. The molecule has 0 radical (unpaired) electrons. The maximum Gasteiger partial charge on any atom is 0.201 e. The van der Waals surface area contributed by atoms with Gasteiger partial charge in [-0.3, -0.25) is 9.59 Å². The summed E-state index contributed by atoms with van der Waals surface area (Å²) < 4.78 is 1.13. The molecule has 0 aliphatic heterocycles. The van der Waals surface area contributed by atoms with Gasteiger partial charge in [0, 0.05) is 55.1 Å². The molecule has 9 rings (SSSR count). The van der Waals surface area contributed by atoms with E-state index in [1.54, 1.807) is 24.6 Å².